The Bertz CT molecular complexity index is 746. The monoisotopic (exact) mass is 496 g/mol. The first-order valence-electron chi connectivity index (χ1n) is 9.12. The Morgan fingerprint density at radius 1 is 1.00 bits per heavy atom. The van der Waals surface area contributed by atoms with Crippen molar-refractivity contribution in [1.82, 2.24) is 16.0 Å². The number of nitrogens with zero attached hydrogens (tertiary/aromatic N) is 1. The van der Waals surface area contributed by atoms with Gasteiger partial charge < -0.3 is 20.7 Å². The second kappa shape index (κ2) is 13.0. The molecule has 7 heteroatoms. The molecule has 152 valence electrons. The van der Waals surface area contributed by atoms with Crippen LogP contribution >= 0.6 is 24.0 Å². The Hall–Kier alpha value is -2.29. The molecule has 2 aromatic carbocycles. The first kappa shape index (κ1) is 23.7. The van der Waals surface area contributed by atoms with E-state index in [0.29, 0.717) is 12.1 Å². The Morgan fingerprint density at radius 3 is 2.21 bits per heavy atom. The van der Waals surface area contributed by atoms with Gasteiger partial charge in [-0.05, 0) is 48.7 Å². The molecule has 0 bridgehead atoms. The molecular weight excluding hydrogens is 467 g/mol. The number of carbonyl (C=O) groups is 1. The van der Waals surface area contributed by atoms with Crippen LogP contribution in [0.15, 0.2) is 53.5 Å². The van der Waals surface area contributed by atoms with E-state index >= 15 is 0 Å². The van der Waals surface area contributed by atoms with Crippen LogP contribution in [-0.2, 0) is 13.0 Å². The van der Waals surface area contributed by atoms with Crippen LogP contribution in [0.3, 0.4) is 0 Å². The normalized spacial score (nSPS) is 10.6. The molecule has 0 aromatic heterocycles. The number of nitrogens with one attached hydrogen (secondary N) is 3. The number of halogens is 1. The summed E-state index contributed by atoms with van der Waals surface area (Å²) in [4.78, 5) is 16.2. The molecule has 0 aliphatic carbocycles. The summed E-state index contributed by atoms with van der Waals surface area (Å²) in [6.07, 6.45) is 0.898. The van der Waals surface area contributed by atoms with Crippen molar-refractivity contribution in [1.29, 1.82) is 0 Å². The summed E-state index contributed by atoms with van der Waals surface area (Å²) in [5.74, 6) is 1.56. The van der Waals surface area contributed by atoms with Gasteiger partial charge >= 0.3 is 0 Å². The van der Waals surface area contributed by atoms with Crippen molar-refractivity contribution >= 4 is 35.8 Å². The van der Waals surface area contributed by atoms with Gasteiger partial charge in [0.1, 0.15) is 5.75 Å². The Morgan fingerprint density at radius 2 is 1.64 bits per heavy atom. The standard InChI is InChI=1S/C21H28N4O2.HI/c1-4-23-21(24-14-13-16-7-11-19(27-3)12-8-16)25-15-17-5-9-18(10-6-17)20(26)22-2;/h5-12H,4,13-15H2,1-3H3,(H,22,26)(H2,23,24,25);1H. The summed E-state index contributed by atoms with van der Waals surface area (Å²) in [6, 6.07) is 15.6. The molecule has 0 radical (unpaired) electrons. The van der Waals surface area contributed by atoms with E-state index in [9.17, 15) is 4.79 Å². The summed E-state index contributed by atoms with van der Waals surface area (Å²) in [5, 5.41) is 9.22. The average Bonchev–Trinajstić information content (AvgIpc) is 2.72. The fraction of sp³-hybridized carbons (Fsp3) is 0.333. The maximum absolute atomic E-state index is 11.6. The molecule has 0 aliphatic rings. The van der Waals surface area contributed by atoms with Gasteiger partial charge in [-0.25, -0.2) is 4.99 Å². The molecule has 0 fully saturated rings. The number of methoxy groups -OCH3 is 1. The highest BCUT2D eigenvalue weighted by Gasteiger charge is 2.03. The first-order chi connectivity index (χ1) is 13.2. The van der Waals surface area contributed by atoms with Gasteiger partial charge in [0.2, 0.25) is 0 Å². The number of hydrogen-bond acceptors (Lipinski definition) is 3. The molecule has 0 spiro atoms. The maximum atomic E-state index is 11.6. The Balaban J connectivity index is 0.00000392. The largest absolute Gasteiger partial charge is 0.497 e. The van der Waals surface area contributed by atoms with E-state index in [1.165, 1.54) is 5.56 Å². The van der Waals surface area contributed by atoms with Gasteiger partial charge in [-0.3, -0.25) is 4.79 Å². The van der Waals surface area contributed by atoms with Gasteiger partial charge in [0, 0.05) is 25.7 Å². The minimum absolute atomic E-state index is 0. The SMILES string of the molecule is CCNC(=NCc1ccc(C(=O)NC)cc1)NCCc1ccc(OC)cc1.I. The molecule has 3 N–H and O–H groups in total. The highest BCUT2D eigenvalue weighted by atomic mass is 127. The van der Waals surface area contributed by atoms with Crippen LogP contribution < -0.4 is 20.7 Å². The predicted molar refractivity (Wildman–Crippen MR) is 125 cm³/mol. The lowest BCUT2D eigenvalue weighted by Crippen LogP contribution is -2.38. The quantitative estimate of drug-likeness (QED) is 0.299. The Kier molecular flexibility index (Phi) is 11.0. The minimum Gasteiger partial charge on any atom is -0.497 e. The molecule has 0 unspecified atom stereocenters. The summed E-state index contributed by atoms with van der Waals surface area (Å²) in [5.41, 5.74) is 2.94. The van der Waals surface area contributed by atoms with Crippen LogP contribution in [0, 0.1) is 0 Å². The van der Waals surface area contributed by atoms with E-state index in [1.54, 1.807) is 14.2 Å². The smallest absolute Gasteiger partial charge is 0.251 e. The van der Waals surface area contributed by atoms with E-state index < -0.39 is 0 Å². The summed E-state index contributed by atoms with van der Waals surface area (Å²) >= 11 is 0. The van der Waals surface area contributed by atoms with E-state index in [2.05, 4.69) is 33.1 Å². The van der Waals surface area contributed by atoms with Crippen molar-refractivity contribution in [2.45, 2.75) is 19.9 Å². The molecule has 2 aromatic rings. The lowest BCUT2D eigenvalue weighted by atomic mass is 10.1. The van der Waals surface area contributed by atoms with Crippen molar-refractivity contribution in [3.63, 3.8) is 0 Å². The third kappa shape index (κ3) is 7.75. The van der Waals surface area contributed by atoms with Crippen LogP contribution in [-0.4, -0.2) is 39.1 Å². The van der Waals surface area contributed by atoms with Gasteiger partial charge in [0.05, 0.1) is 13.7 Å². The predicted octanol–water partition coefficient (Wildman–Crippen LogP) is 2.97. The van der Waals surface area contributed by atoms with Gasteiger partial charge in [-0.15, -0.1) is 24.0 Å². The van der Waals surface area contributed by atoms with Crippen LogP contribution in [0.25, 0.3) is 0 Å². The average molecular weight is 496 g/mol. The van der Waals surface area contributed by atoms with Crippen LogP contribution in [0.1, 0.15) is 28.4 Å². The lowest BCUT2D eigenvalue weighted by molar-refractivity contribution is 0.0963. The van der Waals surface area contributed by atoms with Gasteiger partial charge in [-0.1, -0.05) is 24.3 Å². The van der Waals surface area contributed by atoms with E-state index in [-0.39, 0.29) is 29.9 Å². The molecule has 1 amide bonds. The molecule has 0 saturated carbocycles. The number of rotatable bonds is 8. The number of carbonyl (C=O) groups excluding carboxylic acids is 1. The third-order valence-corrected chi connectivity index (χ3v) is 4.07. The molecule has 0 saturated heterocycles. The third-order valence-electron chi connectivity index (χ3n) is 4.07. The maximum Gasteiger partial charge on any atom is 0.251 e. The topological polar surface area (TPSA) is 74.8 Å². The van der Waals surface area contributed by atoms with Gasteiger partial charge in [0.15, 0.2) is 5.96 Å². The van der Waals surface area contributed by atoms with E-state index in [1.807, 2.05) is 43.3 Å². The molecule has 0 atom stereocenters. The van der Waals surface area contributed by atoms with Crippen molar-refractivity contribution in [3.05, 3.63) is 65.2 Å². The van der Waals surface area contributed by atoms with E-state index in [4.69, 9.17) is 4.74 Å². The van der Waals surface area contributed by atoms with Crippen molar-refractivity contribution < 1.29 is 9.53 Å². The number of ether oxygens (including phenoxy) is 1. The number of amides is 1. The fourth-order valence-corrected chi connectivity index (χ4v) is 2.54. The second-order valence-electron chi connectivity index (χ2n) is 6.00. The van der Waals surface area contributed by atoms with Crippen LogP contribution in [0.4, 0.5) is 0 Å². The fourth-order valence-electron chi connectivity index (χ4n) is 2.54. The second-order valence-corrected chi connectivity index (χ2v) is 6.00. The molecular formula is C21H29IN4O2. The highest BCUT2D eigenvalue weighted by molar-refractivity contribution is 14.0. The van der Waals surface area contributed by atoms with Gasteiger partial charge in [0.25, 0.3) is 5.91 Å². The number of benzene rings is 2. The number of guanidine groups is 1. The van der Waals surface area contributed by atoms with Crippen LogP contribution in [0.2, 0.25) is 0 Å². The Labute approximate surface area is 184 Å². The number of hydrogen-bond donors (Lipinski definition) is 3. The van der Waals surface area contributed by atoms with Crippen molar-refractivity contribution in [2.75, 3.05) is 27.2 Å². The zero-order chi connectivity index (χ0) is 19.5. The number of aliphatic imine (C=N–C) groups is 1. The molecule has 2 rings (SSSR count). The summed E-state index contributed by atoms with van der Waals surface area (Å²) in [6.45, 7) is 4.17. The summed E-state index contributed by atoms with van der Waals surface area (Å²) < 4.78 is 5.18. The zero-order valence-electron chi connectivity index (χ0n) is 16.6. The first-order valence-corrected chi connectivity index (χ1v) is 9.12. The molecule has 0 aliphatic heterocycles. The highest BCUT2D eigenvalue weighted by Crippen LogP contribution is 2.11. The summed E-state index contributed by atoms with van der Waals surface area (Å²) in [7, 11) is 3.29. The zero-order valence-corrected chi connectivity index (χ0v) is 18.9. The minimum atomic E-state index is -0.0846. The van der Waals surface area contributed by atoms with Crippen LogP contribution in [0.5, 0.6) is 5.75 Å². The molecule has 0 heterocycles. The van der Waals surface area contributed by atoms with Crippen molar-refractivity contribution in [2.24, 2.45) is 4.99 Å². The molecule has 28 heavy (non-hydrogen) atoms. The molecule has 6 nitrogen and oxygen atoms in total. The van der Waals surface area contributed by atoms with Gasteiger partial charge in [-0.2, -0.15) is 0 Å². The lowest BCUT2D eigenvalue weighted by Gasteiger charge is -2.11. The van der Waals surface area contributed by atoms with Crippen molar-refractivity contribution in [3.8, 4) is 5.75 Å². The van der Waals surface area contributed by atoms with E-state index in [0.717, 1.165) is 36.8 Å².